The molecule has 4 heteroatoms. The third-order valence-electron chi connectivity index (χ3n) is 4.88. The highest BCUT2D eigenvalue weighted by Crippen LogP contribution is 2.21. The second-order valence-corrected chi connectivity index (χ2v) is 6.86. The van der Waals surface area contributed by atoms with Crippen molar-refractivity contribution in [1.29, 1.82) is 0 Å². The number of ether oxygens (including phenoxy) is 1. The van der Waals surface area contributed by atoms with E-state index in [0.717, 1.165) is 30.8 Å². The molecule has 4 nitrogen and oxygen atoms in total. The number of aryl methyl sites for hydroxylation is 1. The van der Waals surface area contributed by atoms with Gasteiger partial charge in [0.1, 0.15) is 5.75 Å². The molecule has 0 aliphatic carbocycles. The third kappa shape index (κ3) is 5.82. The van der Waals surface area contributed by atoms with Crippen molar-refractivity contribution < 1.29 is 9.53 Å². The van der Waals surface area contributed by atoms with E-state index in [1.165, 1.54) is 44.3 Å². The summed E-state index contributed by atoms with van der Waals surface area (Å²) in [6, 6.07) is 5.94. The molecule has 1 N–H and O–H groups in total. The van der Waals surface area contributed by atoms with Crippen molar-refractivity contribution in [2.75, 3.05) is 26.2 Å². The first-order valence-electron chi connectivity index (χ1n) is 9.31. The summed E-state index contributed by atoms with van der Waals surface area (Å²) in [5.74, 6) is 0.758. The van der Waals surface area contributed by atoms with E-state index in [2.05, 4.69) is 23.2 Å². The van der Waals surface area contributed by atoms with Crippen molar-refractivity contribution in [1.82, 2.24) is 10.2 Å². The summed E-state index contributed by atoms with van der Waals surface area (Å²) in [6.45, 7) is 10.1. The lowest BCUT2D eigenvalue weighted by Gasteiger charge is -2.20. The molecule has 24 heavy (non-hydrogen) atoms. The number of amides is 1. The highest BCUT2D eigenvalue weighted by atomic mass is 16.5. The molecule has 1 aliphatic heterocycles. The lowest BCUT2D eigenvalue weighted by atomic mass is 10.1. The Balaban J connectivity index is 1.68. The average molecular weight is 332 g/mol. The number of hydrogen-bond acceptors (Lipinski definition) is 3. The van der Waals surface area contributed by atoms with Crippen LogP contribution in [0.2, 0.25) is 0 Å². The van der Waals surface area contributed by atoms with Crippen LogP contribution in [0.4, 0.5) is 0 Å². The largest absolute Gasteiger partial charge is 0.481 e. The van der Waals surface area contributed by atoms with Crippen LogP contribution in [-0.2, 0) is 4.79 Å². The number of nitrogens with one attached hydrogen (secondary N) is 1. The van der Waals surface area contributed by atoms with Crippen molar-refractivity contribution in [3.8, 4) is 5.75 Å². The summed E-state index contributed by atoms with van der Waals surface area (Å²) in [5.41, 5.74) is 2.27. The van der Waals surface area contributed by atoms with Crippen LogP contribution in [0.5, 0.6) is 5.75 Å². The molecule has 1 fully saturated rings. The monoisotopic (exact) mass is 332 g/mol. The summed E-state index contributed by atoms with van der Waals surface area (Å²) in [4.78, 5) is 14.7. The van der Waals surface area contributed by atoms with E-state index in [0.29, 0.717) is 0 Å². The number of likely N-dealkylation sites (tertiary alicyclic amines) is 1. The van der Waals surface area contributed by atoms with Crippen LogP contribution in [0.1, 0.15) is 50.2 Å². The van der Waals surface area contributed by atoms with Gasteiger partial charge in [0, 0.05) is 6.54 Å². The second kappa shape index (κ2) is 9.67. The van der Waals surface area contributed by atoms with Crippen LogP contribution in [0, 0.1) is 13.8 Å². The predicted octanol–water partition coefficient (Wildman–Crippen LogP) is 3.45. The van der Waals surface area contributed by atoms with Gasteiger partial charge in [0.2, 0.25) is 0 Å². The van der Waals surface area contributed by atoms with Gasteiger partial charge < -0.3 is 15.0 Å². The van der Waals surface area contributed by atoms with E-state index >= 15 is 0 Å². The maximum absolute atomic E-state index is 12.2. The van der Waals surface area contributed by atoms with Gasteiger partial charge in [-0.1, -0.05) is 25.0 Å². The average Bonchev–Trinajstić information content (AvgIpc) is 2.84. The quantitative estimate of drug-likeness (QED) is 0.778. The van der Waals surface area contributed by atoms with Gasteiger partial charge in [0.05, 0.1) is 0 Å². The molecule has 134 valence electrons. The van der Waals surface area contributed by atoms with Crippen molar-refractivity contribution >= 4 is 5.91 Å². The van der Waals surface area contributed by atoms with Crippen LogP contribution < -0.4 is 10.1 Å². The molecule has 0 radical (unpaired) electrons. The molecule has 2 rings (SSSR count). The SMILES string of the molecule is Cc1cccc(OC(C)C(=O)NCCCN2CCCCCC2)c1C. The summed E-state index contributed by atoms with van der Waals surface area (Å²) in [7, 11) is 0. The maximum Gasteiger partial charge on any atom is 0.260 e. The first-order chi connectivity index (χ1) is 11.6. The number of carbonyl (C=O) groups is 1. The van der Waals surface area contributed by atoms with Crippen LogP contribution in [0.15, 0.2) is 18.2 Å². The zero-order valence-electron chi connectivity index (χ0n) is 15.4. The molecule has 0 saturated carbocycles. The Hall–Kier alpha value is -1.55. The summed E-state index contributed by atoms with van der Waals surface area (Å²) in [6.07, 6.45) is 5.88. The lowest BCUT2D eigenvalue weighted by molar-refractivity contribution is -0.127. The normalized spacial score (nSPS) is 17.1. The van der Waals surface area contributed by atoms with Crippen molar-refractivity contribution in [2.24, 2.45) is 0 Å². The molecule has 1 atom stereocenters. The summed E-state index contributed by atoms with van der Waals surface area (Å²) >= 11 is 0. The Labute approximate surface area is 146 Å². The molecule has 1 aliphatic rings. The van der Waals surface area contributed by atoms with E-state index in [1.807, 2.05) is 26.0 Å². The Morgan fingerprint density at radius 1 is 1.21 bits per heavy atom. The predicted molar refractivity (Wildman–Crippen MR) is 98.5 cm³/mol. The lowest BCUT2D eigenvalue weighted by Crippen LogP contribution is -2.38. The molecular weight excluding hydrogens is 300 g/mol. The first-order valence-corrected chi connectivity index (χ1v) is 9.31. The van der Waals surface area contributed by atoms with E-state index in [4.69, 9.17) is 4.74 Å². The van der Waals surface area contributed by atoms with Crippen LogP contribution in [0.25, 0.3) is 0 Å². The number of benzene rings is 1. The Bertz CT molecular complexity index is 522. The van der Waals surface area contributed by atoms with E-state index < -0.39 is 6.10 Å². The second-order valence-electron chi connectivity index (χ2n) is 6.86. The van der Waals surface area contributed by atoms with Crippen LogP contribution >= 0.6 is 0 Å². The standard InChI is InChI=1S/C20H32N2O2/c1-16-10-8-11-19(17(16)2)24-18(3)20(23)21-12-9-15-22-13-6-4-5-7-14-22/h8,10-11,18H,4-7,9,12-15H2,1-3H3,(H,21,23). The molecule has 0 aromatic heterocycles. The number of carbonyl (C=O) groups excluding carboxylic acids is 1. The minimum absolute atomic E-state index is 0.0354. The summed E-state index contributed by atoms with van der Waals surface area (Å²) < 4.78 is 5.83. The van der Waals surface area contributed by atoms with Gasteiger partial charge in [-0.25, -0.2) is 0 Å². The highest BCUT2D eigenvalue weighted by molar-refractivity contribution is 5.80. The fourth-order valence-electron chi connectivity index (χ4n) is 3.11. The molecule has 0 spiro atoms. The van der Waals surface area contributed by atoms with Crippen LogP contribution in [0.3, 0.4) is 0 Å². The highest BCUT2D eigenvalue weighted by Gasteiger charge is 2.16. The molecule has 1 heterocycles. The van der Waals surface area contributed by atoms with Crippen molar-refractivity contribution in [3.63, 3.8) is 0 Å². The molecular formula is C20H32N2O2. The van der Waals surface area contributed by atoms with E-state index in [-0.39, 0.29) is 5.91 Å². The number of hydrogen-bond donors (Lipinski definition) is 1. The molecule has 1 aromatic rings. The summed E-state index contributed by atoms with van der Waals surface area (Å²) in [5, 5.41) is 3.00. The zero-order valence-corrected chi connectivity index (χ0v) is 15.4. The fourth-order valence-corrected chi connectivity index (χ4v) is 3.11. The Morgan fingerprint density at radius 3 is 2.62 bits per heavy atom. The maximum atomic E-state index is 12.2. The van der Waals surface area contributed by atoms with Gasteiger partial charge in [-0.3, -0.25) is 4.79 Å². The Morgan fingerprint density at radius 2 is 1.92 bits per heavy atom. The third-order valence-corrected chi connectivity index (χ3v) is 4.88. The topological polar surface area (TPSA) is 41.6 Å². The van der Waals surface area contributed by atoms with E-state index in [9.17, 15) is 4.79 Å². The van der Waals surface area contributed by atoms with Gasteiger partial charge in [-0.05, 0) is 76.9 Å². The van der Waals surface area contributed by atoms with Gasteiger partial charge in [-0.2, -0.15) is 0 Å². The molecule has 1 aromatic carbocycles. The molecule has 1 unspecified atom stereocenters. The zero-order chi connectivity index (χ0) is 17.4. The van der Waals surface area contributed by atoms with Gasteiger partial charge in [-0.15, -0.1) is 0 Å². The van der Waals surface area contributed by atoms with Gasteiger partial charge in [0.25, 0.3) is 5.91 Å². The van der Waals surface area contributed by atoms with Gasteiger partial charge >= 0.3 is 0 Å². The minimum Gasteiger partial charge on any atom is -0.481 e. The van der Waals surface area contributed by atoms with Crippen molar-refractivity contribution in [2.45, 2.75) is 59.0 Å². The smallest absolute Gasteiger partial charge is 0.260 e. The Kier molecular flexibility index (Phi) is 7.57. The number of nitrogens with zero attached hydrogens (tertiary/aromatic N) is 1. The molecule has 1 amide bonds. The molecule has 0 bridgehead atoms. The van der Waals surface area contributed by atoms with Crippen molar-refractivity contribution in [3.05, 3.63) is 29.3 Å². The number of rotatable bonds is 7. The van der Waals surface area contributed by atoms with Gasteiger partial charge in [0.15, 0.2) is 6.10 Å². The fraction of sp³-hybridized carbons (Fsp3) is 0.650. The first kappa shape index (κ1) is 18.8. The molecule has 1 saturated heterocycles. The van der Waals surface area contributed by atoms with Crippen LogP contribution in [-0.4, -0.2) is 43.1 Å². The minimum atomic E-state index is -0.469. The van der Waals surface area contributed by atoms with E-state index in [1.54, 1.807) is 0 Å².